The molecule has 0 aromatic heterocycles. The molecule has 2 heteroatoms. The van der Waals surface area contributed by atoms with Gasteiger partial charge in [-0.3, -0.25) is 0 Å². The van der Waals surface area contributed by atoms with Crippen LogP contribution in [0.2, 0.25) is 33.0 Å². The van der Waals surface area contributed by atoms with Crippen LogP contribution in [0.1, 0.15) is 40.0 Å². The Morgan fingerprint density at radius 2 is 0.929 bits per heavy atom. The van der Waals surface area contributed by atoms with Crippen LogP contribution < -0.4 is 0 Å². The van der Waals surface area contributed by atoms with Crippen molar-refractivity contribution in [3.05, 3.63) is 0 Å². The summed E-state index contributed by atoms with van der Waals surface area (Å²) >= 11 is -0.543. The van der Waals surface area contributed by atoms with Crippen molar-refractivity contribution in [3.63, 3.8) is 0 Å². The quantitative estimate of drug-likeness (QED) is 0.598. The van der Waals surface area contributed by atoms with Crippen LogP contribution in [0.3, 0.4) is 0 Å². The molecule has 0 aliphatic rings. The zero-order chi connectivity index (χ0) is 11.4. The van der Waals surface area contributed by atoms with Gasteiger partial charge in [0.05, 0.1) is 0 Å². The second kappa shape index (κ2) is 14.0. The normalized spacial score (nSPS) is 10.3. The zero-order valence-electron chi connectivity index (χ0n) is 11.2. The van der Waals surface area contributed by atoms with E-state index in [1.165, 1.54) is 19.3 Å². The monoisotopic (exact) mass is 322 g/mol. The second-order valence-corrected chi connectivity index (χ2v) is 16.1. The molecule has 0 atom stereocenters. The van der Waals surface area contributed by atoms with E-state index >= 15 is 0 Å². The fraction of sp³-hybridized carbons (Fsp3) is 1.00. The first-order valence-corrected chi connectivity index (χ1v) is 16.9. The average Bonchev–Trinajstić information content (AvgIpc) is 2.04. The Labute approximate surface area is 101 Å². The standard InChI is InChI=1S/C9H21Si.3CH3.Sn/c1-4-7-10(8-5-2)9-6-3;;;;/h4-9H2,1-3H3;3*1H3;. The maximum absolute atomic E-state index is 2.36. The van der Waals surface area contributed by atoms with Crippen LogP contribution in [0.5, 0.6) is 0 Å². The van der Waals surface area contributed by atoms with E-state index in [4.69, 9.17) is 0 Å². The molecule has 0 bridgehead atoms. The van der Waals surface area contributed by atoms with Gasteiger partial charge in [0.25, 0.3) is 0 Å². The van der Waals surface area contributed by atoms with Crippen LogP contribution >= 0.6 is 0 Å². The Hall–Kier alpha value is 1.02. The van der Waals surface area contributed by atoms with Crippen LogP contribution in [-0.2, 0) is 0 Å². The predicted octanol–water partition coefficient (Wildman–Crippen LogP) is 5.08. The van der Waals surface area contributed by atoms with Crippen molar-refractivity contribution in [3.8, 4) is 0 Å². The SMILES string of the molecule is CCC[Si](CCC)CCC.[CH3][Sn]([CH3])[CH3]. The number of hydrogen-bond acceptors (Lipinski definition) is 0. The van der Waals surface area contributed by atoms with Crippen LogP contribution in [0.15, 0.2) is 0 Å². The minimum absolute atomic E-state index is 0.103. The van der Waals surface area contributed by atoms with Gasteiger partial charge >= 0.3 is 34.6 Å². The topological polar surface area (TPSA) is 0 Å². The molecule has 0 aliphatic carbocycles. The molecule has 0 fully saturated rings. The van der Waals surface area contributed by atoms with Crippen LogP contribution in [-0.4, -0.2) is 28.6 Å². The van der Waals surface area contributed by atoms with E-state index in [2.05, 4.69) is 35.6 Å². The summed E-state index contributed by atoms with van der Waals surface area (Å²) in [5, 5.41) is 0. The average molecular weight is 321 g/mol. The maximum atomic E-state index is 2.36. The first kappa shape index (κ1) is 17.4. The summed E-state index contributed by atoms with van der Waals surface area (Å²) in [6.07, 6.45) is 4.23. The fourth-order valence-corrected chi connectivity index (χ4v) is 4.31. The second-order valence-electron chi connectivity index (χ2n) is 4.50. The van der Waals surface area contributed by atoms with Crippen LogP contribution in [0.4, 0.5) is 0 Å². The molecule has 0 unspecified atom stereocenters. The summed E-state index contributed by atoms with van der Waals surface area (Å²) in [6.45, 7) is 6.95. The summed E-state index contributed by atoms with van der Waals surface area (Å²) in [5.74, 6) is 0. The van der Waals surface area contributed by atoms with Crippen LogP contribution in [0, 0.1) is 0 Å². The molecule has 0 saturated heterocycles. The molecule has 0 aliphatic heterocycles. The third-order valence-electron chi connectivity index (χ3n) is 1.81. The molecule has 0 heterocycles. The van der Waals surface area contributed by atoms with E-state index in [9.17, 15) is 0 Å². The van der Waals surface area contributed by atoms with Crippen molar-refractivity contribution in [2.24, 2.45) is 0 Å². The van der Waals surface area contributed by atoms with Gasteiger partial charge in [0.15, 0.2) is 0 Å². The summed E-state index contributed by atoms with van der Waals surface area (Å²) in [6, 6.07) is 4.64. The van der Waals surface area contributed by atoms with E-state index in [0.29, 0.717) is 0 Å². The molecule has 0 aromatic rings. The number of hydrogen-bond donors (Lipinski definition) is 0. The number of rotatable bonds is 6. The molecule has 0 saturated carbocycles. The molecule has 0 aromatic carbocycles. The molecule has 2 radical (unpaired) electrons. The Bertz CT molecular complexity index is 77.3. The molecule has 14 heavy (non-hydrogen) atoms. The van der Waals surface area contributed by atoms with Crippen molar-refractivity contribution < 1.29 is 0 Å². The summed E-state index contributed by atoms with van der Waals surface area (Å²) in [4.78, 5) is 7.09. The molecule has 0 rings (SSSR count). The van der Waals surface area contributed by atoms with Crippen molar-refractivity contribution in [1.29, 1.82) is 0 Å². The van der Waals surface area contributed by atoms with Gasteiger partial charge in [0, 0.05) is 8.80 Å². The summed E-state index contributed by atoms with van der Waals surface area (Å²) < 4.78 is 0. The first-order chi connectivity index (χ1) is 6.58. The molecule has 0 N–H and O–H groups in total. The van der Waals surface area contributed by atoms with E-state index in [1.54, 1.807) is 18.1 Å². The molecule has 0 nitrogen and oxygen atoms in total. The van der Waals surface area contributed by atoms with Gasteiger partial charge in [-0.15, -0.1) is 0 Å². The minimum atomic E-state index is -0.543. The third-order valence-corrected chi connectivity index (χ3v) is 5.43. The van der Waals surface area contributed by atoms with Crippen LogP contribution in [0.25, 0.3) is 0 Å². The van der Waals surface area contributed by atoms with Gasteiger partial charge in [-0.2, -0.15) is 0 Å². The Kier molecular flexibility index (Phi) is 17.4. The van der Waals surface area contributed by atoms with E-state index < -0.39 is 19.8 Å². The summed E-state index contributed by atoms with van der Waals surface area (Å²) in [5.41, 5.74) is 0. The fourth-order valence-electron chi connectivity index (χ4n) is 1.44. The Balaban J connectivity index is 0. The molecule has 86 valence electrons. The van der Waals surface area contributed by atoms with Gasteiger partial charge in [-0.1, -0.05) is 58.2 Å². The molecule has 0 spiro atoms. The Morgan fingerprint density at radius 1 is 0.714 bits per heavy atom. The summed E-state index contributed by atoms with van der Waals surface area (Å²) in [7, 11) is 0.103. The molecule has 0 amide bonds. The van der Waals surface area contributed by atoms with Crippen molar-refractivity contribution in [2.75, 3.05) is 0 Å². The van der Waals surface area contributed by atoms with E-state index in [0.717, 1.165) is 0 Å². The van der Waals surface area contributed by atoms with Gasteiger partial charge in [0.2, 0.25) is 0 Å². The van der Waals surface area contributed by atoms with Gasteiger partial charge in [0.1, 0.15) is 0 Å². The van der Waals surface area contributed by atoms with Gasteiger partial charge in [-0.05, 0) is 0 Å². The van der Waals surface area contributed by atoms with Gasteiger partial charge < -0.3 is 0 Å². The van der Waals surface area contributed by atoms with Crippen molar-refractivity contribution in [1.82, 2.24) is 0 Å². The van der Waals surface area contributed by atoms with Crippen molar-refractivity contribution >= 4 is 28.6 Å². The molecular formula is C12H30SiSn. The Morgan fingerprint density at radius 3 is 1.07 bits per heavy atom. The predicted molar refractivity (Wildman–Crippen MR) is 74.4 cm³/mol. The molecular weight excluding hydrogens is 291 g/mol. The third kappa shape index (κ3) is 18.7. The van der Waals surface area contributed by atoms with E-state index in [-0.39, 0.29) is 8.80 Å². The first-order valence-electron chi connectivity index (χ1n) is 6.18. The zero-order valence-corrected chi connectivity index (χ0v) is 15.1. The van der Waals surface area contributed by atoms with Gasteiger partial charge in [-0.25, -0.2) is 0 Å². The van der Waals surface area contributed by atoms with Crippen molar-refractivity contribution in [2.45, 2.75) is 73.0 Å². The van der Waals surface area contributed by atoms with E-state index in [1.807, 2.05) is 0 Å².